The fraction of sp³-hybridized carbons (Fsp3) is 0.875. The molecule has 0 radical (unpaired) electrons. The topological polar surface area (TPSA) is 269 Å². The van der Waals surface area contributed by atoms with Crippen LogP contribution in [0.15, 0.2) is 10.1 Å². The number of nitrogens with one attached hydrogen (secondary N) is 5. The number of aliphatic imine (C=N–C) groups is 1. The Morgan fingerprint density at radius 3 is 1.68 bits per heavy atom. The van der Waals surface area contributed by atoms with Crippen LogP contribution < -0.4 is 39.3 Å². The smallest absolute Gasteiger partial charge is 0.136 e. The highest BCUT2D eigenvalue weighted by Gasteiger charge is 2.20. The summed E-state index contributed by atoms with van der Waals surface area (Å²) < 4.78 is 0. The zero-order valence-electron chi connectivity index (χ0n) is 36.9. The highest BCUT2D eigenvalue weighted by molar-refractivity contribution is 5.82. The van der Waals surface area contributed by atoms with Gasteiger partial charge in [0.2, 0.25) is 0 Å². The molecule has 0 aromatic heterocycles. The van der Waals surface area contributed by atoms with Crippen LogP contribution in [0.4, 0.5) is 0 Å². The van der Waals surface area contributed by atoms with Crippen LogP contribution in [0.2, 0.25) is 0 Å². The predicted octanol–water partition coefficient (Wildman–Crippen LogP) is 3.20. The largest absolute Gasteiger partial charge is 0.394 e. The molecule has 0 aliphatic carbocycles. The minimum Gasteiger partial charge on any atom is -0.394 e. The Hall–Kier alpha value is -2.89. The van der Waals surface area contributed by atoms with Gasteiger partial charge in [-0.15, -0.1) is 0 Å². The molecule has 56 heavy (non-hydrogen) atoms. The van der Waals surface area contributed by atoms with Crippen LogP contribution in [-0.2, 0) is 4.84 Å². The lowest BCUT2D eigenvalue weighted by Gasteiger charge is -2.24. The molecular formula is C40H89N15O. The molecule has 3 aliphatic rings. The summed E-state index contributed by atoms with van der Waals surface area (Å²) in [5.74, 6) is 4.02. The first-order valence-corrected chi connectivity index (χ1v) is 21.4. The van der Waals surface area contributed by atoms with Gasteiger partial charge in [-0.3, -0.25) is 21.2 Å². The second-order valence-electron chi connectivity index (χ2n) is 14.9. The van der Waals surface area contributed by atoms with Crippen molar-refractivity contribution in [3.8, 4) is 0 Å². The number of nitrogens with zero attached hydrogens (tertiary/aromatic N) is 5. The standard InChI is InChI=1S/C13H25N3.C8H20N4.C8H16N2.C6H16N4.C5H12N2O/c1-11(8-12-4-2-6-14-9-12)16-13-5-3-7-15-10-13;1-8(11)12(6-2-4-9)7-3-5-10;1-3-8-4-5-10(6-8)7(2)9;1-6(9)10(4-2-7)5-3-8;1-3-4-8-7-5(2)6/h12-15H,2-10H2,1H3;11H,2-7,9-10H2,1H3;8-9H,3-6H2,1-2H3;9H,2-5,7-8H2,1H3;3-4H2,1-2H3,(H2,6,7). The monoisotopic (exact) mass is 796 g/mol. The highest BCUT2D eigenvalue weighted by Crippen LogP contribution is 2.18. The molecule has 3 heterocycles. The average Bonchev–Trinajstić information content (AvgIpc) is 3.67. The molecule has 15 N–H and O–H groups in total. The summed E-state index contributed by atoms with van der Waals surface area (Å²) in [6.45, 7) is 26.8. The Morgan fingerprint density at radius 1 is 0.750 bits per heavy atom. The first kappa shape index (κ1) is 55.2. The van der Waals surface area contributed by atoms with E-state index in [2.05, 4.69) is 34.5 Å². The molecule has 3 rings (SSSR count). The second kappa shape index (κ2) is 37.7. The van der Waals surface area contributed by atoms with Crippen molar-refractivity contribution in [1.29, 1.82) is 16.2 Å². The van der Waals surface area contributed by atoms with Crippen molar-refractivity contribution in [2.24, 2.45) is 50.7 Å². The number of nitrogens with two attached hydrogens (primary N) is 5. The van der Waals surface area contributed by atoms with E-state index in [0.717, 1.165) is 82.7 Å². The van der Waals surface area contributed by atoms with E-state index in [4.69, 9.17) is 54.7 Å². The first-order chi connectivity index (χ1) is 26.8. The number of hydrogen-bond donors (Lipinski definition) is 10. The van der Waals surface area contributed by atoms with E-state index < -0.39 is 0 Å². The van der Waals surface area contributed by atoms with Gasteiger partial charge in [-0.25, -0.2) is 0 Å². The van der Waals surface area contributed by atoms with E-state index in [1.165, 1.54) is 70.3 Å². The molecule has 330 valence electrons. The summed E-state index contributed by atoms with van der Waals surface area (Å²) in [5.41, 5.74) is 27.9. The van der Waals surface area contributed by atoms with Gasteiger partial charge in [-0.2, -0.15) is 0 Å². The van der Waals surface area contributed by atoms with Crippen LogP contribution >= 0.6 is 0 Å². The summed E-state index contributed by atoms with van der Waals surface area (Å²) >= 11 is 0. The van der Waals surface area contributed by atoms with E-state index in [9.17, 15) is 0 Å². The second-order valence-corrected chi connectivity index (χ2v) is 14.9. The first-order valence-electron chi connectivity index (χ1n) is 21.4. The summed E-state index contributed by atoms with van der Waals surface area (Å²) in [7, 11) is 0. The third kappa shape index (κ3) is 32.2. The van der Waals surface area contributed by atoms with Gasteiger partial charge in [-0.05, 0) is 137 Å². The zero-order valence-corrected chi connectivity index (χ0v) is 36.9. The Labute approximate surface area is 342 Å². The molecule has 0 amide bonds. The molecule has 16 heteroatoms. The maximum Gasteiger partial charge on any atom is 0.136 e. The maximum absolute atomic E-state index is 7.45. The molecule has 3 fully saturated rings. The van der Waals surface area contributed by atoms with Gasteiger partial charge in [0, 0.05) is 64.6 Å². The van der Waals surface area contributed by atoms with Crippen LogP contribution in [0.1, 0.15) is 113 Å². The SMILES string of the molecule is CC(=N)N(CCCN)CCCN.CC(=N)N(CCN)CCN.CC(CC1CCCNC1)=NC1CCCNC1.CCC1CCN(C(C)=N)C1.CCCON=C(C)N. The van der Waals surface area contributed by atoms with Crippen molar-refractivity contribution in [1.82, 2.24) is 25.3 Å². The molecular weight excluding hydrogens is 707 g/mol. The molecule has 3 unspecified atom stereocenters. The third-order valence-electron chi connectivity index (χ3n) is 9.51. The van der Waals surface area contributed by atoms with E-state index in [1.807, 2.05) is 23.6 Å². The lowest BCUT2D eigenvalue weighted by atomic mass is 9.94. The van der Waals surface area contributed by atoms with E-state index >= 15 is 0 Å². The summed E-state index contributed by atoms with van der Waals surface area (Å²) in [4.78, 5) is 15.6. The molecule has 0 spiro atoms. The summed E-state index contributed by atoms with van der Waals surface area (Å²) in [5, 5.41) is 32.5. The molecule has 0 aromatic rings. The number of likely N-dealkylation sites (tertiary alicyclic amines) is 1. The molecule has 0 bridgehead atoms. The van der Waals surface area contributed by atoms with Gasteiger partial charge in [0.15, 0.2) is 0 Å². The van der Waals surface area contributed by atoms with Crippen LogP contribution in [0, 0.1) is 28.1 Å². The quantitative estimate of drug-likeness (QED) is 0.0442. The van der Waals surface area contributed by atoms with Gasteiger partial charge in [0.25, 0.3) is 0 Å². The van der Waals surface area contributed by atoms with Gasteiger partial charge < -0.3 is 58.8 Å². The van der Waals surface area contributed by atoms with Gasteiger partial charge in [0.1, 0.15) is 12.4 Å². The Balaban J connectivity index is 0. The number of amidine groups is 4. The molecule has 3 atom stereocenters. The van der Waals surface area contributed by atoms with Gasteiger partial charge in [0.05, 0.1) is 23.5 Å². The van der Waals surface area contributed by atoms with Crippen molar-refractivity contribution < 1.29 is 4.84 Å². The van der Waals surface area contributed by atoms with Crippen molar-refractivity contribution >= 4 is 29.1 Å². The lowest BCUT2D eigenvalue weighted by molar-refractivity contribution is 0.144. The van der Waals surface area contributed by atoms with Crippen molar-refractivity contribution in [2.75, 3.05) is 98.2 Å². The van der Waals surface area contributed by atoms with Gasteiger partial charge >= 0.3 is 0 Å². The minimum atomic E-state index is 0.471. The van der Waals surface area contributed by atoms with Crippen molar-refractivity contribution in [2.45, 2.75) is 119 Å². The number of oxime groups is 1. The predicted molar refractivity (Wildman–Crippen MR) is 242 cm³/mol. The van der Waals surface area contributed by atoms with Crippen molar-refractivity contribution in [3.05, 3.63) is 0 Å². The van der Waals surface area contributed by atoms with Crippen LogP contribution in [0.25, 0.3) is 0 Å². The fourth-order valence-corrected chi connectivity index (χ4v) is 6.30. The fourth-order valence-electron chi connectivity index (χ4n) is 6.30. The Kier molecular flexibility index (Phi) is 37.1. The van der Waals surface area contributed by atoms with Crippen LogP contribution in [0.5, 0.6) is 0 Å². The lowest BCUT2D eigenvalue weighted by Crippen LogP contribution is -2.36. The molecule has 0 aromatic carbocycles. The highest BCUT2D eigenvalue weighted by atomic mass is 16.6. The average molecular weight is 796 g/mol. The van der Waals surface area contributed by atoms with E-state index in [0.29, 0.717) is 56.3 Å². The minimum absolute atomic E-state index is 0.471. The summed E-state index contributed by atoms with van der Waals surface area (Å²) in [6, 6.07) is 0.547. The maximum atomic E-state index is 7.45. The Bertz CT molecular complexity index is 1010. The molecule has 3 saturated heterocycles. The summed E-state index contributed by atoms with van der Waals surface area (Å²) in [6.07, 6.45) is 11.9. The van der Waals surface area contributed by atoms with Crippen molar-refractivity contribution in [3.63, 3.8) is 0 Å². The van der Waals surface area contributed by atoms with E-state index in [-0.39, 0.29) is 0 Å². The normalized spacial score (nSPS) is 19.3. The Morgan fingerprint density at radius 2 is 1.30 bits per heavy atom. The van der Waals surface area contributed by atoms with E-state index in [1.54, 1.807) is 20.8 Å². The number of piperidine rings is 2. The van der Waals surface area contributed by atoms with Crippen LogP contribution in [0.3, 0.4) is 0 Å². The number of rotatable bonds is 17. The molecule has 3 aliphatic heterocycles. The van der Waals surface area contributed by atoms with Crippen LogP contribution in [-0.4, -0.2) is 148 Å². The third-order valence-corrected chi connectivity index (χ3v) is 9.51. The molecule has 0 saturated carbocycles. The van der Waals surface area contributed by atoms with Gasteiger partial charge in [-0.1, -0.05) is 25.4 Å². The zero-order chi connectivity index (χ0) is 42.6. The molecule has 16 nitrogen and oxygen atoms in total. The number of hydrogen-bond acceptors (Lipinski definition) is 12.